The van der Waals surface area contributed by atoms with Crippen molar-refractivity contribution >= 4 is 11.6 Å². The number of aryl methyl sites for hydroxylation is 1. The van der Waals surface area contributed by atoms with Gasteiger partial charge in [-0.25, -0.2) is 14.4 Å². The molecule has 0 spiro atoms. The lowest BCUT2D eigenvalue weighted by Gasteiger charge is -2.09. The highest BCUT2D eigenvalue weighted by Gasteiger charge is 2.16. The molecule has 0 aliphatic carbocycles. The average Bonchev–Trinajstić information content (AvgIpc) is 2.94. The lowest BCUT2D eigenvalue weighted by Crippen LogP contribution is -2.14. The predicted octanol–water partition coefficient (Wildman–Crippen LogP) is 2.67. The van der Waals surface area contributed by atoms with E-state index in [9.17, 15) is 14.3 Å². The number of carbonyl (C=O) groups excluding carboxylic acids is 1. The molecule has 0 aliphatic rings. The van der Waals surface area contributed by atoms with E-state index in [1.807, 2.05) is 6.92 Å². The van der Waals surface area contributed by atoms with Gasteiger partial charge in [-0.2, -0.15) is 0 Å². The molecule has 1 aromatic carbocycles. The van der Waals surface area contributed by atoms with E-state index in [1.165, 1.54) is 18.3 Å². The molecule has 116 valence electrons. The van der Waals surface area contributed by atoms with E-state index in [1.54, 1.807) is 29.1 Å². The summed E-state index contributed by atoms with van der Waals surface area (Å²) < 4.78 is 15.4. The summed E-state index contributed by atoms with van der Waals surface area (Å²) in [5, 5.41) is 12.1. The first-order valence-electron chi connectivity index (χ1n) is 6.81. The zero-order valence-corrected chi connectivity index (χ0v) is 12.2. The number of carbonyl (C=O) groups is 1. The molecular weight excluding hydrogens is 299 g/mol. The topological polar surface area (TPSA) is 80.0 Å². The van der Waals surface area contributed by atoms with Crippen LogP contribution in [0.4, 0.5) is 10.1 Å². The maximum Gasteiger partial charge on any atom is 0.262 e. The van der Waals surface area contributed by atoms with Gasteiger partial charge in [0, 0.05) is 12.4 Å². The van der Waals surface area contributed by atoms with Gasteiger partial charge >= 0.3 is 0 Å². The Bertz CT molecular complexity index is 839. The Balaban J connectivity index is 1.81. The zero-order valence-electron chi connectivity index (χ0n) is 12.2. The Morgan fingerprint density at radius 1 is 1.26 bits per heavy atom. The molecule has 0 radical (unpaired) electrons. The number of hydrogen-bond donors (Lipinski definition) is 2. The molecule has 0 saturated carbocycles. The number of benzene rings is 1. The van der Waals surface area contributed by atoms with Gasteiger partial charge < -0.3 is 10.4 Å². The number of halogens is 1. The third-order valence-electron chi connectivity index (χ3n) is 3.30. The predicted molar refractivity (Wildman–Crippen MR) is 82.1 cm³/mol. The summed E-state index contributed by atoms with van der Waals surface area (Å²) in [6.45, 7) is 1.85. The smallest absolute Gasteiger partial charge is 0.262 e. The van der Waals surface area contributed by atoms with Crippen LogP contribution in [0.25, 0.3) is 5.82 Å². The first-order valence-corrected chi connectivity index (χ1v) is 6.81. The van der Waals surface area contributed by atoms with E-state index in [4.69, 9.17) is 0 Å². The van der Waals surface area contributed by atoms with Crippen LogP contribution in [0.5, 0.6) is 5.75 Å². The van der Waals surface area contributed by atoms with Crippen molar-refractivity contribution in [3.05, 3.63) is 66.1 Å². The highest BCUT2D eigenvalue weighted by Crippen LogP contribution is 2.21. The first-order chi connectivity index (χ1) is 11.1. The number of nitrogens with zero attached hydrogens (tertiary/aromatic N) is 3. The molecule has 2 N–H and O–H groups in total. The number of phenols is 1. The Labute approximate surface area is 131 Å². The minimum atomic E-state index is -0.791. The molecule has 6 nitrogen and oxygen atoms in total. The molecule has 2 aromatic heterocycles. The maximum atomic E-state index is 13.7. The number of amides is 1. The van der Waals surface area contributed by atoms with Crippen molar-refractivity contribution in [2.24, 2.45) is 0 Å². The fourth-order valence-corrected chi connectivity index (χ4v) is 2.15. The molecule has 0 atom stereocenters. The van der Waals surface area contributed by atoms with Crippen LogP contribution < -0.4 is 5.32 Å². The normalized spacial score (nSPS) is 10.5. The van der Waals surface area contributed by atoms with E-state index in [0.717, 1.165) is 11.9 Å². The third-order valence-corrected chi connectivity index (χ3v) is 3.30. The fourth-order valence-electron chi connectivity index (χ4n) is 2.15. The van der Waals surface area contributed by atoms with Crippen LogP contribution >= 0.6 is 0 Å². The molecule has 2 heterocycles. The average molecular weight is 312 g/mol. The summed E-state index contributed by atoms with van der Waals surface area (Å²) in [4.78, 5) is 20.4. The Hall–Kier alpha value is -3.22. The quantitative estimate of drug-likeness (QED) is 0.779. The van der Waals surface area contributed by atoms with Gasteiger partial charge in [-0.15, -0.1) is 0 Å². The van der Waals surface area contributed by atoms with Gasteiger partial charge in [0.1, 0.15) is 28.8 Å². The second kappa shape index (κ2) is 5.88. The number of imidazole rings is 1. The summed E-state index contributed by atoms with van der Waals surface area (Å²) in [5.74, 6) is -0.520. The first kappa shape index (κ1) is 14.7. The Kier molecular flexibility index (Phi) is 3.76. The molecular formula is C16H13FN4O2. The molecule has 0 unspecified atom stereocenters. The van der Waals surface area contributed by atoms with Crippen LogP contribution in [0.1, 0.15) is 16.2 Å². The molecule has 0 saturated heterocycles. The van der Waals surface area contributed by atoms with Crippen molar-refractivity contribution < 1.29 is 14.3 Å². The monoisotopic (exact) mass is 312 g/mol. The SMILES string of the molecule is Cc1nccn1-c1ccc(NC(=O)c2c(O)cccc2F)cn1. The van der Waals surface area contributed by atoms with Crippen molar-refractivity contribution in [2.45, 2.75) is 6.92 Å². The summed E-state index contributed by atoms with van der Waals surface area (Å²) in [5.41, 5.74) is -0.0128. The van der Waals surface area contributed by atoms with Gasteiger partial charge in [-0.05, 0) is 31.2 Å². The molecule has 3 rings (SSSR count). The molecule has 3 aromatic rings. The van der Waals surface area contributed by atoms with E-state index in [-0.39, 0.29) is 0 Å². The summed E-state index contributed by atoms with van der Waals surface area (Å²) >= 11 is 0. The Morgan fingerprint density at radius 2 is 2.09 bits per heavy atom. The fraction of sp³-hybridized carbons (Fsp3) is 0.0625. The van der Waals surface area contributed by atoms with Crippen LogP contribution in [0.2, 0.25) is 0 Å². The molecule has 0 fully saturated rings. The van der Waals surface area contributed by atoms with Crippen LogP contribution in [-0.4, -0.2) is 25.5 Å². The standard InChI is InChI=1S/C16H13FN4O2/c1-10-18-7-8-21(10)14-6-5-11(9-19-14)20-16(23)15-12(17)3-2-4-13(15)22/h2-9,22H,1H3,(H,20,23). The molecule has 0 aliphatic heterocycles. The summed E-state index contributed by atoms with van der Waals surface area (Å²) in [7, 11) is 0. The van der Waals surface area contributed by atoms with Gasteiger partial charge in [0.15, 0.2) is 0 Å². The zero-order chi connectivity index (χ0) is 16.4. The largest absolute Gasteiger partial charge is 0.507 e. The number of phenolic OH excluding ortho intramolecular Hbond substituents is 1. The number of aromatic nitrogens is 3. The van der Waals surface area contributed by atoms with Gasteiger partial charge in [-0.3, -0.25) is 9.36 Å². The summed E-state index contributed by atoms with van der Waals surface area (Å²) in [6.07, 6.45) is 4.88. The second-order valence-electron chi connectivity index (χ2n) is 4.84. The molecule has 0 bridgehead atoms. The van der Waals surface area contributed by atoms with Crippen molar-refractivity contribution in [2.75, 3.05) is 5.32 Å². The van der Waals surface area contributed by atoms with Crippen molar-refractivity contribution in [3.63, 3.8) is 0 Å². The number of pyridine rings is 1. The number of anilines is 1. The van der Waals surface area contributed by atoms with Crippen LogP contribution in [0.3, 0.4) is 0 Å². The van der Waals surface area contributed by atoms with E-state index in [0.29, 0.717) is 11.5 Å². The van der Waals surface area contributed by atoms with Crippen molar-refractivity contribution in [3.8, 4) is 11.6 Å². The van der Waals surface area contributed by atoms with E-state index < -0.39 is 23.0 Å². The van der Waals surface area contributed by atoms with Gasteiger partial charge in [-0.1, -0.05) is 6.07 Å². The van der Waals surface area contributed by atoms with E-state index in [2.05, 4.69) is 15.3 Å². The van der Waals surface area contributed by atoms with E-state index >= 15 is 0 Å². The maximum absolute atomic E-state index is 13.7. The van der Waals surface area contributed by atoms with Crippen molar-refractivity contribution in [1.82, 2.24) is 14.5 Å². The lowest BCUT2D eigenvalue weighted by molar-refractivity contribution is 0.102. The van der Waals surface area contributed by atoms with Gasteiger partial charge in [0.25, 0.3) is 5.91 Å². The minimum Gasteiger partial charge on any atom is -0.507 e. The van der Waals surface area contributed by atoms with Crippen molar-refractivity contribution in [1.29, 1.82) is 0 Å². The summed E-state index contributed by atoms with van der Waals surface area (Å²) in [6, 6.07) is 7.02. The number of rotatable bonds is 3. The number of nitrogens with one attached hydrogen (secondary N) is 1. The highest BCUT2D eigenvalue weighted by atomic mass is 19.1. The molecule has 7 heteroatoms. The minimum absolute atomic E-state index is 0.388. The number of hydrogen-bond acceptors (Lipinski definition) is 4. The number of aromatic hydroxyl groups is 1. The molecule has 1 amide bonds. The van der Waals surface area contributed by atoms with Gasteiger partial charge in [0.05, 0.1) is 11.9 Å². The Morgan fingerprint density at radius 3 is 2.70 bits per heavy atom. The third kappa shape index (κ3) is 2.89. The highest BCUT2D eigenvalue weighted by molar-refractivity contribution is 6.06. The van der Waals surface area contributed by atoms with Crippen LogP contribution in [0, 0.1) is 12.7 Å². The van der Waals surface area contributed by atoms with Crippen LogP contribution in [-0.2, 0) is 0 Å². The van der Waals surface area contributed by atoms with Gasteiger partial charge in [0.2, 0.25) is 0 Å². The lowest BCUT2D eigenvalue weighted by atomic mass is 10.1. The second-order valence-corrected chi connectivity index (χ2v) is 4.84. The van der Waals surface area contributed by atoms with Crippen LogP contribution in [0.15, 0.2) is 48.9 Å². The molecule has 23 heavy (non-hydrogen) atoms.